The van der Waals surface area contributed by atoms with Gasteiger partial charge in [0.05, 0.1) is 0 Å². The second-order valence-corrected chi connectivity index (χ2v) is 14.5. The monoisotopic (exact) mass is 573 g/mol. The predicted molar refractivity (Wildman–Crippen MR) is 151 cm³/mol. The number of carbonyl (C=O) groups is 1. The molecule has 0 spiro atoms. The van der Waals surface area contributed by atoms with E-state index < -0.39 is 5.97 Å². The summed E-state index contributed by atoms with van der Waals surface area (Å²) in [7, 11) is 0. The van der Waals surface area contributed by atoms with Gasteiger partial charge >= 0.3 is 219 Å². The molecule has 0 bridgehead atoms. The molecule has 2 aliphatic rings. The molecule has 39 heavy (non-hydrogen) atoms. The third-order valence-corrected chi connectivity index (χ3v) is 9.02. The number of aryl methyl sites for hydroxylation is 2. The summed E-state index contributed by atoms with van der Waals surface area (Å²) in [6, 6.07) is 9.30. The van der Waals surface area contributed by atoms with Crippen LogP contribution in [0.4, 0.5) is 0 Å². The van der Waals surface area contributed by atoms with Gasteiger partial charge in [-0.15, -0.1) is 0 Å². The molecule has 212 valence electrons. The average Bonchev–Trinajstić information content (AvgIpc) is 3.13. The molecule has 1 aliphatic heterocycles. The molecule has 0 radical (unpaired) electrons. The third-order valence-electron chi connectivity index (χ3n) is 7.25. The zero-order valence-electron chi connectivity index (χ0n) is 25.0. The van der Waals surface area contributed by atoms with Crippen molar-refractivity contribution in [3.8, 4) is 11.5 Å². The molecule has 1 saturated heterocycles. The number of carbonyl (C=O) groups excluding carboxylic acids is 1. The molecule has 4 rings (SSSR count). The van der Waals surface area contributed by atoms with Crippen molar-refractivity contribution in [2.75, 3.05) is 0 Å². The van der Waals surface area contributed by atoms with Gasteiger partial charge in [0.1, 0.15) is 0 Å². The zero-order valence-corrected chi connectivity index (χ0v) is 26.2. The van der Waals surface area contributed by atoms with Crippen LogP contribution in [-0.4, -0.2) is 47.8 Å². The van der Waals surface area contributed by atoms with E-state index in [0.29, 0.717) is 23.6 Å². The van der Waals surface area contributed by atoms with Crippen molar-refractivity contribution in [1.82, 2.24) is 0 Å². The second-order valence-electron chi connectivity index (χ2n) is 13.0. The SMILES string of the molecule is CC(=O)[O-].Cc1cc(C=[N+]2[Cr][N+](=Cc3cc(C)cc(C(C)(C)C)c3O)[C@@H]3CCCC[C@H]32)c(O)c(C(C)(C)C)c1. The molecule has 2 N–H and O–H groups in total. The number of phenols is 2. The number of hydrogen-bond acceptors (Lipinski definition) is 4. The van der Waals surface area contributed by atoms with Crippen molar-refractivity contribution in [3.05, 3.63) is 57.6 Å². The molecule has 7 heteroatoms. The molecule has 6 nitrogen and oxygen atoms in total. The van der Waals surface area contributed by atoms with Crippen LogP contribution in [0, 0.1) is 13.8 Å². The first-order chi connectivity index (χ1) is 18.0. The summed E-state index contributed by atoms with van der Waals surface area (Å²) in [6.07, 6.45) is 9.22. The molecule has 1 heterocycles. The number of nitrogens with zero attached hydrogens (tertiary/aromatic N) is 2. The fourth-order valence-electron chi connectivity index (χ4n) is 5.38. The number of benzene rings is 2. The van der Waals surface area contributed by atoms with E-state index in [-0.39, 0.29) is 26.5 Å². The normalized spacial score (nSPS) is 21.5. The van der Waals surface area contributed by atoms with E-state index in [1.54, 1.807) is 0 Å². The predicted octanol–water partition coefficient (Wildman–Crippen LogP) is 4.87. The molecule has 0 amide bonds. The summed E-state index contributed by atoms with van der Waals surface area (Å²) in [4.78, 5) is 8.89. The minimum atomic E-state index is -1.08. The topological polar surface area (TPSA) is 86.6 Å². The van der Waals surface area contributed by atoms with Crippen molar-refractivity contribution in [2.24, 2.45) is 0 Å². The maximum atomic E-state index is 11.2. The molecule has 2 aromatic rings. The van der Waals surface area contributed by atoms with Crippen LogP contribution in [-0.2, 0) is 31.3 Å². The van der Waals surface area contributed by atoms with Gasteiger partial charge in [0.2, 0.25) is 0 Å². The molecule has 0 aromatic heterocycles. The van der Waals surface area contributed by atoms with Crippen LogP contribution in [0.2, 0.25) is 0 Å². The number of rotatable bonds is 2. The number of carboxylic acid groups (broad SMARTS) is 1. The van der Waals surface area contributed by atoms with Gasteiger partial charge in [-0.25, -0.2) is 0 Å². The van der Waals surface area contributed by atoms with Gasteiger partial charge in [-0.05, 0) is 6.92 Å². The van der Waals surface area contributed by atoms with E-state index in [1.807, 2.05) is 0 Å². The standard InChI is InChI=1S/C30H42N2O2.C2H4O2.Cr/c1-19-13-21(27(33)23(15-19)29(3,4)5)17-31-25-11-9-10-12-26(25)32-18-22-14-20(2)16-24(28(22)34)30(6,7)8;1-2(3)4;/h13-18,25-26,33-34H,9-12H2,1-8H3;1H3,(H,3,4);/q;;+2/p-1/t25-,26-;;/m1../s1. The third kappa shape index (κ3) is 7.53. The first-order valence-corrected chi connectivity index (χ1v) is 14.9. The van der Waals surface area contributed by atoms with Crippen molar-refractivity contribution in [1.29, 1.82) is 0 Å². The van der Waals surface area contributed by atoms with E-state index in [9.17, 15) is 10.2 Å². The Morgan fingerprint density at radius 2 is 1.15 bits per heavy atom. The maximum absolute atomic E-state index is 11.2. The van der Waals surface area contributed by atoms with Gasteiger partial charge in [0.15, 0.2) is 0 Å². The van der Waals surface area contributed by atoms with Gasteiger partial charge in [-0.2, -0.15) is 0 Å². The first-order valence-electron chi connectivity index (χ1n) is 13.8. The van der Waals surface area contributed by atoms with Crippen LogP contribution in [0.25, 0.3) is 0 Å². The summed E-state index contributed by atoms with van der Waals surface area (Å²) < 4.78 is 4.96. The average molecular weight is 574 g/mol. The first kappa shape index (κ1) is 30.9. The summed E-state index contributed by atoms with van der Waals surface area (Å²) >= 11 is 0.0514. The molecule has 2 atom stereocenters. The summed E-state index contributed by atoms with van der Waals surface area (Å²) in [5.41, 5.74) is 5.94. The Morgan fingerprint density at radius 3 is 1.46 bits per heavy atom. The second kappa shape index (κ2) is 11.9. The fourth-order valence-corrected chi connectivity index (χ4v) is 7.37. The minimum absolute atomic E-state index is 0.0514. The Kier molecular flexibility index (Phi) is 9.40. The molecule has 0 unspecified atom stereocenters. The van der Waals surface area contributed by atoms with E-state index in [4.69, 9.17) is 9.90 Å². The summed E-state index contributed by atoms with van der Waals surface area (Å²) in [5.74, 6) is -0.278. The molecular weight excluding hydrogens is 528 g/mol. The van der Waals surface area contributed by atoms with E-state index in [1.165, 1.54) is 36.8 Å². The molecule has 2 fully saturated rings. The van der Waals surface area contributed by atoms with Crippen LogP contribution in [0.1, 0.15) is 108 Å². The summed E-state index contributed by atoms with van der Waals surface area (Å²) in [6.45, 7) is 18.1. The van der Waals surface area contributed by atoms with Crippen LogP contribution >= 0.6 is 0 Å². The Morgan fingerprint density at radius 1 is 0.821 bits per heavy atom. The molecular formula is C32H45CrN2O4+. The van der Waals surface area contributed by atoms with Gasteiger partial charge in [0, 0.05) is 5.97 Å². The number of fused-ring (bicyclic) bond motifs is 1. The molecule has 1 saturated carbocycles. The van der Waals surface area contributed by atoms with Gasteiger partial charge in [0.25, 0.3) is 0 Å². The van der Waals surface area contributed by atoms with Gasteiger partial charge in [-0.1, -0.05) is 0 Å². The van der Waals surface area contributed by atoms with Crippen molar-refractivity contribution < 1.29 is 42.9 Å². The van der Waals surface area contributed by atoms with Crippen molar-refractivity contribution >= 4 is 18.4 Å². The summed E-state index contributed by atoms with van der Waals surface area (Å²) in [5, 5.41) is 31.2. The van der Waals surface area contributed by atoms with Crippen LogP contribution in [0.15, 0.2) is 24.3 Å². The fraction of sp³-hybridized carbons (Fsp3) is 0.531. The van der Waals surface area contributed by atoms with Crippen molar-refractivity contribution in [3.63, 3.8) is 0 Å². The number of aromatic hydroxyl groups is 2. The van der Waals surface area contributed by atoms with Gasteiger partial charge in [-0.3, -0.25) is 0 Å². The number of carboxylic acids is 1. The number of phenolic OH excluding ortho intramolecular Hbond substituents is 2. The number of aliphatic carboxylic acids is 1. The quantitative estimate of drug-likeness (QED) is 0.537. The van der Waals surface area contributed by atoms with E-state index >= 15 is 0 Å². The molecule has 1 aliphatic carbocycles. The Labute approximate surface area is 240 Å². The Hall–Kier alpha value is -2.62. The van der Waals surface area contributed by atoms with E-state index in [0.717, 1.165) is 29.2 Å². The zero-order chi connectivity index (χ0) is 29.3. The Balaban J connectivity index is 0.000000983. The Bertz CT molecular complexity index is 1200. The number of hydrogen-bond donors (Lipinski definition) is 2. The van der Waals surface area contributed by atoms with Crippen molar-refractivity contribution in [2.45, 2.75) is 111 Å². The van der Waals surface area contributed by atoms with Crippen LogP contribution < -0.4 is 5.11 Å². The van der Waals surface area contributed by atoms with E-state index in [2.05, 4.69) is 99.2 Å². The van der Waals surface area contributed by atoms with Crippen LogP contribution in [0.5, 0.6) is 11.5 Å². The van der Waals surface area contributed by atoms with Crippen LogP contribution in [0.3, 0.4) is 0 Å². The van der Waals surface area contributed by atoms with Gasteiger partial charge < -0.3 is 9.90 Å². The molecule has 2 aromatic carbocycles.